The predicted octanol–water partition coefficient (Wildman–Crippen LogP) is 1.91. The third-order valence-electron chi connectivity index (χ3n) is 5.01. The molecule has 1 heterocycles. The molecule has 0 aromatic heterocycles. The second kappa shape index (κ2) is 6.12. The van der Waals surface area contributed by atoms with Gasteiger partial charge in [-0.2, -0.15) is 0 Å². The molecule has 0 saturated heterocycles. The Morgan fingerprint density at radius 3 is 2.84 bits per heavy atom. The van der Waals surface area contributed by atoms with E-state index in [1.54, 1.807) is 0 Å². The largest absolute Gasteiger partial charge is 0.370 e. The molecule has 1 fully saturated rings. The summed E-state index contributed by atoms with van der Waals surface area (Å²) < 4.78 is 0. The van der Waals surface area contributed by atoms with Gasteiger partial charge in [-0.05, 0) is 39.3 Å². The van der Waals surface area contributed by atoms with Gasteiger partial charge in [0, 0.05) is 13.1 Å². The van der Waals surface area contributed by atoms with Gasteiger partial charge in [0.1, 0.15) is 0 Å². The zero-order valence-electron chi connectivity index (χ0n) is 12.9. The molecular weight excluding hydrogens is 236 g/mol. The zero-order chi connectivity index (χ0) is 13.9. The number of rotatable bonds is 4. The Balaban J connectivity index is 2.04. The van der Waals surface area contributed by atoms with Crippen LogP contribution in [0.2, 0.25) is 0 Å². The maximum Gasteiger partial charge on any atom is 0.191 e. The highest BCUT2D eigenvalue weighted by atomic mass is 15.4. The average molecular weight is 266 g/mol. The van der Waals surface area contributed by atoms with Crippen LogP contribution in [0.15, 0.2) is 4.99 Å². The molecule has 1 aliphatic heterocycles. The highest BCUT2D eigenvalue weighted by Gasteiger charge is 2.42. The van der Waals surface area contributed by atoms with Gasteiger partial charge in [0.05, 0.1) is 12.1 Å². The second-order valence-electron chi connectivity index (χ2n) is 6.56. The lowest BCUT2D eigenvalue weighted by Crippen LogP contribution is -2.53. The first-order valence-corrected chi connectivity index (χ1v) is 7.80. The van der Waals surface area contributed by atoms with Crippen LogP contribution in [0.25, 0.3) is 0 Å². The quantitative estimate of drug-likeness (QED) is 0.845. The summed E-state index contributed by atoms with van der Waals surface area (Å²) in [4.78, 5) is 9.20. The normalized spacial score (nSPS) is 31.9. The van der Waals surface area contributed by atoms with Gasteiger partial charge in [0.2, 0.25) is 0 Å². The molecule has 0 amide bonds. The van der Waals surface area contributed by atoms with Gasteiger partial charge in [0.25, 0.3) is 0 Å². The van der Waals surface area contributed by atoms with E-state index in [0.717, 1.165) is 31.5 Å². The van der Waals surface area contributed by atoms with Crippen LogP contribution in [0.1, 0.15) is 45.4 Å². The van der Waals surface area contributed by atoms with E-state index in [4.69, 9.17) is 5.73 Å². The van der Waals surface area contributed by atoms with Crippen molar-refractivity contribution in [3.8, 4) is 0 Å². The first-order chi connectivity index (χ1) is 9.07. The van der Waals surface area contributed by atoms with Crippen molar-refractivity contribution in [2.24, 2.45) is 16.6 Å². The number of hydrogen-bond acceptors (Lipinski definition) is 4. The summed E-state index contributed by atoms with van der Waals surface area (Å²) in [5.74, 6) is 1.69. The van der Waals surface area contributed by atoms with Crippen LogP contribution in [0.3, 0.4) is 0 Å². The summed E-state index contributed by atoms with van der Waals surface area (Å²) in [7, 11) is 4.24. The van der Waals surface area contributed by atoms with Gasteiger partial charge in [-0.3, -0.25) is 4.99 Å². The molecule has 19 heavy (non-hydrogen) atoms. The van der Waals surface area contributed by atoms with E-state index < -0.39 is 0 Å². The van der Waals surface area contributed by atoms with Gasteiger partial charge in [-0.15, -0.1) is 0 Å². The SMILES string of the molecule is CCC1CCCC2(CC1)CN=C(N)N2CCN(C)C. The molecule has 2 unspecified atom stereocenters. The van der Waals surface area contributed by atoms with E-state index >= 15 is 0 Å². The fourth-order valence-corrected chi connectivity index (χ4v) is 3.59. The Labute approximate surface area is 118 Å². The minimum absolute atomic E-state index is 0.240. The number of guanidine groups is 1. The topological polar surface area (TPSA) is 44.9 Å². The third-order valence-corrected chi connectivity index (χ3v) is 5.01. The van der Waals surface area contributed by atoms with E-state index in [9.17, 15) is 0 Å². The summed E-state index contributed by atoms with van der Waals surface area (Å²) in [5.41, 5.74) is 6.39. The van der Waals surface area contributed by atoms with Gasteiger partial charge in [-0.1, -0.05) is 26.2 Å². The van der Waals surface area contributed by atoms with E-state index in [1.807, 2.05) is 0 Å². The van der Waals surface area contributed by atoms with Crippen molar-refractivity contribution in [2.75, 3.05) is 33.7 Å². The Bertz CT molecular complexity index is 326. The van der Waals surface area contributed by atoms with Crippen molar-refractivity contribution >= 4 is 5.96 Å². The second-order valence-corrected chi connectivity index (χ2v) is 6.56. The molecule has 0 bridgehead atoms. The molecule has 1 aliphatic carbocycles. The molecule has 2 N–H and O–H groups in total. The van der Waals surface area contributed by atoms with Crippen LogP contribution < -0.4 is 5.73 Å². The average Bonchev–Trinajstić information content (AvgIpc) is 2.57. The lowest BCUT2D eigenvalue weighted by atomic mass is 9.88. The Hall–Kier alpha value is -0.770. The summed E-state index contributed by atoms with van der Waals surface area (Å²) in [6.45, 7) is 5.31. The lowest BCUT2D eigenvalue weighted by Gasteiger charge is -2.39. The fourth-order valence-electron chi connectivity index (χ4n) is 3.59. The molecule has 110 valence electrons. The van der Waals surface area contributed by atoms with E-state index in [1.165, 1.54) is 38.5 Å². The maximum atomic E-state index is 6.15. The highest BCUT2D eigenvalue weighted by molar-refractivity contribution is 5.81. The van der Waals surface area contributed by atoms with Gasteiger partial charge in [-0.25, -0.2) is 0 Å². The van der Waals surface area contributed by atoms with E-state index in [-0.39, 0.29) is 5.54 Å². The van der Waals surface area contributed by atoms with E-state index in [2.05, 4.69) is 35.8 Å². The van der Waals surface area contributed by atoms with Crippen molar-refractivity contribution in [1.29, 1.82) is 0 Å². The van der Waals surface area contributed by atoms with Crippen molar-refractivity contribution in [3.05, 3.63) is 0 Å². The smallest absolute Gasteiger partial charge is 0.191 e. The van der Waals surface area contributed by atoms with Gasteiger partial charge < -0.3 is 15.5 Å². The molecule has 2 atom stereocenters. The van der Waals surface area contributed by atoms with E-state index in [0.29, 0.717) is 0 Å². The van der Waals surface area contributed by atoms with Crippen LogP contribution >= 0.6 is 0 Å². The molecule has 1 saturated carbocycles. The summed E-state index contributed by atoms with van der Waals surface area (Å²) in [5, 5.41) is 0. The molecule has 4 heteroatoms. The van der Waals surface area contributed by atoms with Crippen molar-refractivity contribution < 1.29 is 0 Å². The molecule has 0 radical (unpaired) electrons. The minimum Gasteiger partial charge on any atom is -0.370 e. The van der Waals surface area contributed by atoms with Crippen LogP contribution in [0.4, 0.5) is 0 Å². The molecule has 4 nitrogen and oxygen atoms in total. The Morgan fingerprint density at radius 1 is 1.37 bits per heavy atom. The number of nitrogens with two attached hydrogens (primary N) is 1. The van der Waals surface area contributed by atoms with Crippen molar-refractivity contribution in [2.45, 2.75) is 51.0 Å². The third kappa shape index (κ3) is 3.22. The standard InChI is InChI=1S/C15H30N4/c1-4-13-6-5-8-15(9-7-13)12-17-14(16)19(15)11-10-18(2)3/h13H,4-12H2,1-3H3,(H2,16,17). The molecule has 0 aromatic rings. The van der Waals surface area contributed by atoms with Gasteiger partial charge >= 0.3 is 0 Å². The van der Waals surface area contributed by atoms with Crippen LogP contribution in [-0.4, -0.2) is 55.0 Å². The lowest BCUT2D eigenvalue weighted by molar-refractivity contribution is 0.161. The number of likely N-dealkylation sites (N-methyl/N-ethyl adjacent to an activating group) is 1. The van der Waals surface area contributed by atoms with Crippen LogP contribution in [-0.2, 0) is 0 Å². The molecule has 1 spiro atoms. The predicted molar refractivity (Wildman–Crippen MR) is 81.3 cm³/mol. The number of aliphatic imine (C=N–C) groups is 1. The van der Waals surface area contributed by atoms with Crippen molar-refractivity contribution in [3.63, 3.8) is 0 Å². The summed E-state index contributed by atoms with van der Waals surface area (Å²) in [6, 6.07) is 0. The molecular formula is C15H30N4. The van der Waals surface area contributed by atoms with Crippen LogP contribution in [0.5, 0.6) is 0 Å². The summed E-state index contributed by atoms with van der Waals surface area (Å²) in [6.07, 6.45) is 7.92. The first-order valence-electron chi connectivity index (χ1n) is 7.80. The molecule has 2 rings (SSSR count). The number of nitrogens with zero attached hydrogens (tertiary/aromatic N) is 3. The molecule has 0 aromatic carbocycles. The first kappa shape index (κ1) is 14.6. The molecule has 2 aliphatic rings. The zero-order valence-corrected chi connectivity index (χ0v) is 12.9. The number of hydrogen-bond donors (Lipinski definition) is 1. The van der Waals surface area contributed by atoms with Gasteiger partial charge in [0.15, 0.2) is 5.96 Å². The summed E-state index contributed by atoms with van der Waals surface area (Å²) >= 11 is 0. The van der Waals surface area contributed by atoms with Crippen molar-refractivity contribution in [1.82, 2.24) is 9.80 Å². The maximum absolute atomic E-state index is 6.15. The highest BCUT2D eigenvalue weighted by Crippen LogP contribution is 2.38. The Morgan fingerprint density at radius 2 is 2.16 bits per heavy atom. The fraction of sp³-hybridized carbons (Fsp3) is 0.933. The Kier molecular flexibility index (Phi) is 4.71. The monoisotopic (exact) mass is 266 g/mol. The van der Waals surface area contributed by atoms with Crippen LogP contribution in [0, 0.1) is 5.92 Å². The minimum atomic E-state index is 0.240.